The maximum atomic E-state index is 6.58. The molecule has 3 nitrogen and oxygen atoms in total. The van der Waals surface area contributed by atoms with Crippen LogP contribution in [0.5, 0.6) is 0 Å². The van der Waals surface area contributed by atoms with E-state index in [1.165, 1.54) is 11.1 Å². The summed E-state index contributed by atoms with van der Waals surface area (Å²) in [6, 6.07) is 59.2. The summed E-state index contributed by atoms with van der Waals surface area (Å²) in [5, 5.41) is 2.11. The van der Waals surface area contributed by atoms with Crippen LogP contribution in [0.3, 0.4) is 0 Å². The van der Waals surface area contributed by atoms with Crippen molar-refractivity contribution < 1.29 is 4.42 Å². The second-order valence-electron chi connectivity index (χ2n) is 10.8. The van der Waals surface area contributed by atoms with Gasteiger partial charge in [0.1, 0.15) is 5.52 Å². The van der Waals surface area contributed by atoms with Gasteiger partial charge in [-0.3, -0.25) is 0 Å². The summed E-state index contributed by atoms with van der Waals surface area (Å²) in [5.74, 6) is 0.617. The van der Waals surface area contributed by atoms with Crippen LogP contribution in [0.15, 0.2) is 174 Å². The van der Waals surface area contributed by atoms with Crippen LogP contribution < -0.4 is 4.90 Å². The normalized spacial score (nSPS) is 11.2. The van der Waals surface area contributed by atoms with Crippen LogP contribution in [0.4, 0.5) is 17.1 Å². The number of benzene rings is 7. The predicted octanol–water partition coefficient (Wildman–Crippen LogP) is 11.5. The smallest absolute Gasteiger partial charge is 0.227 e. The number of hydrogen-bond acceptors (Lipinski definition) is 3. The minimum absolute atomic E-state index is 0.617. The lowest BCUT2D eigenvalue weighted by Gasteiger charge is -2.29. The van der Waals surface area contributed by atoms with E-state index in [0.717, 1.165) is 55.6 Å². The van der Waals surface area contributed by atoms with Crippen molar-refractivity contribution in [2.75, 3.05) is 4.90 Å². The highest BCUT2D eigenvalue weighted by Gasteiger charge is 2.22. The Morgan fingerprint density at radius 1 is 0.432 bits per heavy atom. The summed E-state index contributed by atoms with van der Waals surface area (Å²) in [6.07, 6.45) is 0. The van der Waals surface area contributed by atoms with Crippen molar-refractivity contribution in [2.24, 2.45) is 0 Å². The van der Waals surface area contributed by atoms with E-state index in [4.69, 9.17) is 9.40 Å². The Bertz CT molecular complexity index is 2200. The Labute approximate surface area is 256 Å². The molecule has 0 saturated carbocycles. The molecule has 0 fully saturated rings. The van der Waals surface area contributed by atoms with Crippen molar-refractivity contribution >= 4 is 38.9 Å². The van der Waals surface area contributed by atoms with Crippen LogP contribution in [0.2, 0.25) is 0 Å². The summed E-state index contributed by atoms with van der Waals surface area (Å²) < 4.78 is 6.58. The van der Waals surface area contributed by atoms with Crippen molar-refractivity contribution in [2.45, 2.75) is 0 Å². The molecular formula is C41H28N2O. The van der Waals surface area contributed by atoms with Gasteiger partial charge in [0.15, 0.2) is 5.58 Å². The standard InChI is InChI=1S/C41H28N2O/c1-4-13-29(14-5-1)30-23-26-34(27-24-30)43(37-21-11-10-20-35(37)31-15-6-2-7-16-31)38-22-12-19-32-25-28-36-40(39(32)38)44-41(42-36)33-17-8-3-9-18-33/h1-28H. The molecule has 0 unspecified atom stereocenters. The van der Waals surface area contributed by atoms with Crippen molar-refractivity contribution in [3.05, 3.63) is 170 Å². The van der Waals surface area contributed by atoms with Crippen LogP contribution >= 0.6 is 0 Å². The zero-order valence-corrected chi connectivity index (χ0v) is 24.0. The quantitative estimate of drug-likeness (QED) is 0.201. The first-order valence-electron chi connectivity index (χ1n) is 14.8. The van der Waals surface area contributed by atoms with E-state index >= 15 is 0 Å². The highest BCUT2D eigenvalue weighted by molar-refractivity contribution is 6.13. The zero-order valence-electron chi connectivity index (χ0n) is 24.0. The Hall–Kier alpha value is -5.93. The van der Waals surface area contributed by atoms with E-state index in [0.29, 0.717) is 5.89 Å². The lowest BCUT2D eigenvalue weighted by atomic mass is 9.99. The number of fused-ring (bicyclic) bond motifs is 3. The van der Waals surface area contributed by atoms with Gasteiger partial charge in [0.2, 0.25) is 5.89 Å². The molecule has 0 aliphatic heterocycles. The number of oxazole rings is 1. The Balaban J connectivity index is 1.38. The molecule has 8 rings (SSSR count). The Morgan fingerprint density at radius 2 is 1.02 bits per heavy atom. The molecule has 0 saturated heterocycles. The van der Waals surface area contributed by atoms with E-state index in [-0.39, 0.29) is 0 Å². The van der Waals surface area contributed by atoms with Gasteiger partial charge in [-0.2, -0.15) is 0 Å². The molecule has 0 radical (unpaired) electrons. The fourth-order valence-electron chi connectivity index (χ4n) is 6.00. The number of para-hydroxylation sites is 1. The third-order valence-electron chi connectivity index (χ3n) is 8.10. The largest absolute Gasteiger partial charge is 0.435 e. The average molecular weight is 565 g/mol. The summed E-state index contributed by atoms with van der Waals surface area (Å²) in [4.78, 5) is 7.25. The Kier molecular flexibility index (Phi) is 6.47. The van der Waals surface area contributed by atoms with Crippen molar-refractivity contribution in [3.8, 4) is 33.7 Å². The van der Waals surface area contributed by atoms with Gasteiger partial charge in [0, 0.05) is 16.8 Å². The minimum atomic E-state index is 0.617. The molecule has 0 spiro atoms. The summed E-state index contributed by atoms with van der Waals surface area (Å²) in [6.45, 7) is 0. The molecule has 0 amide bonds. The van der Waals surface area contributed by atoms with Gasteiger partial charge < -0.3 is 9.32 Å². The van der Waals surface area contributed by atoms with Crippen LogP contribution in [-0.4, -0.2) is 4.98 Å². The lowest BCUT2D eigenvalue weighted by Crippen LogP contribution is -2.11. The predicted molar refractivity (Wildman–Crippen MR) is 183 cm³/mol. The van der Waals surface area contributed by atoms with Gasteiger partial charge in [0.25, 0.3) is 0 Å². The van der Waals surface area contributed by atoms with Crippen molar-refractivity contribution in [3.63, 3.8) is 0 Å². The summed E-state index contributed by atoms with van der Waals surface area (Å²) >= 11 is 0. The third-order valence-corrected chi connectivity index (χ3v) is 8.10. The van der Waals surface area contributed by atoms with Gasteiger partial charge in [-0.25, -0.2) is 4.98 Å². The minimum Gasteiger partial charge on any atom is -0.435 e. The summed E-state index contributed by atoms with van der Waals surface area (Å²) in [7, 11) is 0. The maximum absolute atomic E-state index is 6.58. The van der Waals surface area contributed by atoms with E-state index < -0.39 is 0 Å². The molecule has 0 atom stereocenters. The highest BCUT2D eigenvalue weighted by Crippen LogP contribution is 2.45. The van der Waals surface area contributed by atoms with Crippen molar-refractivity contribution in [1.29, 1.82) is 0 Å². The van der Waals surface area contributed by atoms with Gasteiger partial charge in [-0.15, -0.1) is 0 Å². The molecule has 0 N–H and O–H groups in total. The maximum Gasteiger partial charge on any atom is 0.227 e. The molecule has 208 valence electrons. The van der Waals surface area contributed by atoms with E-state index in [1.807, 2.05) is 42.5 Å². The SMILES string of the molecule is c1ccc(-c2ccc(N(c3ccccc3-c3ccccc3)c3cccc4ccc5nc(-c6ccccc6)oc5c34)cc2)cc1. The number of aromatic nitrogens is 1. The summed E-state index contributed by atoms with van der Waals surface area (Å²) in [5.41, 5.74) is 10.4. The molecule has 1 heterocycles. The van der Waals surface area contributed by atoms with Gasteiger partial charge in [0.05, 0.1) is 16.8 Å². The first-order valence-corrected chi connectivity index (χ1v) is 14.8. The van der Waals surface area contributed by atoms with E-state index in [1.54, 1.807) is 0 Å². The molecule has 44 heavy (non-hydrogen) atoms. The monoisotopic (exact) mass is 564 g/mol. The topological polar surface area (TPSA) is 29.3 Å². The molecule has 1 aromatic heterocycles. The fraction of sp³-hybridized carbons (Fsp3) is 0. The first kappa shape index (κ1) is 25.8. The van der Waals surface area contributed by atoms with Crippen LogP contribution in [0, 0.1) is 0 Å². The lowest BCUT2D eigenvalue weighted by molar-refractivity contribution is 0.623. The van der Waals surface area contributed by atoms with Gasteiger partial charge in [-0.1, -0.05) is 127 Å². The fourth-order valence-corrected chi connectivity index (χ4v) is 6.00. The number of hydrogen-bond donors (Lipinski definition) is 0. The first-order chi connectivity index (χ1) is 21.8. The van der Waals surface area contributed by atoms with Crippen LogP contribution in [0.1, 0.15) is 0 Å². The third kappa shape index (κ3) is 4.61. The van der Waals surface area contributed by atoms with Crippen LogP contribution in [0.25, 0.3) is 55.6 Å². The van der Waals surface area contributed by atoms with E-state index in [9.17, 15) is 0 Å². The highest BCUT2D eigenvalue weighted by atomic mass is 16.3. The number of rotatable bonds is 6. The molecule has 8 aromatic rings. The number of nitrogens with zero attached hydrogens (tertiary/aromatic N) is 2. The van der Waals surface area contributed by atoms with Crippen molar-refractivity contribution in [1.82, 2.24) is 4.98 Å². The second-order valence-corrected chi connectivity index (χ2v) is 10.8. The molecule has 3 heteroatoms. The number of anilines is 3. The molecule has 0 aliphatic carbocycles. The molecular weight excluding hydrogens is 536 g/mol. The van der Waals surface area contributed by atoms with Crippen LogP contribution in [-0.2, 0) is 0 Å². The average Bonchev–Trinajstić information content (AvgIpc) is 3.55. The molecule has 0 aliphatic rings. The molecule has 0 bridgehead atoms. The van der Waals surface area contributed by atoms with E-state index in [2.05, 4.69) is 132 Å². The zero-order chi connectivity index (χ0) is 29.3. The van der Waals surface area contributed by atoms with Gasteiger partial charge >= 0.3 is 0 Å². The van der Waals surface area contributed by atoms with Gasteiger partial charge in [-0.05, 0) is 64.5 Å². The Morgan fingerprint density at radius 3 is 1.75 bits per heavy atom. The second kappa shape index (κ2) is 11.0. The molecule has 7 aromatic carbocycles.